The first-order valence-electron chi connectivity index (χ1n) is 3.25. The lowest BCUT2D eigenvalue weighted by atomic mass is 10.4. The number of nitrogens with one attached hydrogen (secondary N) is 1. The summed E-state index contributed by atoms with van der Waals surface area (Å²) in [5.74, 6) is 0.995. The number of rotatable bonds is 4. The van der Waals surface area contributed by atoms with Crippen molar-refractivity contribution in [3.8, 4) is 0 Å². The van der Waals surface area contributed by atoms with Gasteiger partial charge in [-0.3, -0.25) is 0 Å². The maximum atomic E-state index is 3.62. The van der Waals surface area contributed by atoms with Crippen molar-refractivity contribution >= 4 is 0 Å². The molecule has 1 N–H and O–H groups in total. The molecule has 0 amide bonds. The van der Waals surface area contributed by atoms with Crippen LogP contribution < -0.4 is 5.32 Å². The molecule has 1 aliphatic rings. The van der Waals surface area contributed by atoms with Crippen LogP contribution in [0, 0.1) is 5.92 Å². The lowest BCUT2D eigenvalue weighted by Crippen LogP contribution is -2.15. The Morgan fingerprint density at radius 2 is 2.38 bits per heavy atom. The molecule has 1 rings (SSSR count). The van der Waals surface area contributed by atoms with Crippen molar-refractivity contribution in [2.75, 3.05) is 13.1 Å². The van der Waals surface area contributed by atoms with Gasteiger partial charge in [0.25, 0.3) is 0 Å². The molecule has 1 fully saturated rings. The zero-order valence-corrected chi connectivity index (χ0v) is 5.19. The summed E-state index contributed by atoms with van der Waals surface area (Å²) in [4.78, 5) is 0. The van der Waals surface area contributed by atoms with E-state index in [0.29, 0.717) is 0 Å². The third kappa shape index (κ3) is 2.12. The molecule has 0 aliphatic heterocycles. The van der Waals surface area contributed by atoms with Gasteiger partial charge in [0.15, 0.2) is 0 Å². The quantitative estimate of drug-likeness (QED) is 0.424. The van der Waals surface area contributed by atoms with Crippen molar-refractivity contribution < 1.29 is 0 Å². The standard InChI is InChI=1S/C7H13N/c1-2-5-8-6-7-3-4-7/h2,7-8H,1,3-6H2. The molecule has 0 saturated heterocycles. The van der Waals surface area contributed by atoms with Gasteiger partial charge in [0.1, 0.15) is 0 Å². The van der Waals surface area contributed by atoms with Gasteiger partial charge in [-0.25, -0.2) is 0 Å². The second kappa shape index (κ2) is 2.88. The SMILES string of the molecule is C=CCNCC1CC1. The minimum Gasteiger partial charge on any atom is -0.313 e. The van der Waals surface area contributed by atoms with Crippen LogP contribution in [-0.2, 0) is 0 Å². The Morgan fingerprint density at radius 3 is 2.88 bits per heavy atom. The van der Waals surface area contributed by atoms with Gasteiger partial charge in [0.2, 0.25) is 0 Å². The van der Waals surface area contributed by atoms with E-state index in [1.54, 1.807) is 0 Å². The van der Waals surface area contributed by atoms with E-state index in [2.05, 4.69) is 11.9 Å². The maximum Gasteiger partial charge on any atom is 0.0132 e. The lowest BCUT2D eigenvalue weighted by molar-refractivity contribution is 0.683. The van der Waals surface area contributed by atoms with Gasteiger partial charge >= 0.3 is 0 Å². The second-order valence-corrected chi connectivity index (χ2v) is 2.39. The van der Waals surface area contributed by atoms with Gasteiger partial charge in [-0.2, -0.15) is 0 Å². The molecule has 0 aromatic rings. The summed E-state index contributed by atoms with van der Waals surface area (Å²) >= 11 is 0. The van der Waals surface area contributed by atoms with Gasteiger partial charge in [-0.05, 0) is 25.3 Å². The van der Waals surface area contributed by atoms with Crippen LogP contribution in [0.3, 0.4) is 0 Å². The van der Waals surface area contributed by atoms with Crippen LogP contribution in [0.15, 0.2) is 12.7 Å². The Balaban J connectivity index is 1.80. The second-order valence-electron chi connectivity index (χ2n) is 2.39. The largest absolute Gasteiger partial charge is 0.313 e. The van der Waals surface area contributed by atoms with E-state index in [0.717, 1.165) is 12.5 Å². The molecule has 46 valence electrons. The van der Waals surface area contributed by atoms with Crippen LogP contribution in [0.5, 0.6) is 0 Å². The maximum absolute atomic E-state index is 3.62. The van der Waals surface area contributed by atoms with E-state index in [1.807, 2.05) is 6.08 Å². The van der Waals surface area contributed by atoms with E-state index >= 15 is 0 Å². The van der Waals surface area contributed by atoms with E-state index in [1.165, 1.54) is 19.4 Å². The normalized spacial score (nSPS) is 18.5. The predicted octanol–water partition coefficient (Wildman–Crippen LogP) is 1.17. The molecular formula is C7H13N. The first kappa shape index (κ1) is 5.83. The third-order valence-electron chi connectivity index (χ3n) is 1.42. The minimum absolute atomic E-state index is 0.969. The van der Waals surface area contributed by atoms with Crippen LogP contribution in [0.2, 0.25) is 0 Å². The zero-order chi connectivity index (χ0) is 5.82. The molecule has 0 spiro atoms. The molecule has 1 heteroatoms. The van der Waals surface area contributed by atoms with E-state index < -0.39 is 0 Å². The average molecular weight is 111 g/mol. The highest BCUT2D eigenvalue weighted by Gasteiger charge is 2.19. The summed E-state index contributed by atoms with van der Waals surface area (Å²) in [7, 11) is 0. The highest BCUT2D eigenvalue weighted by Crippen LogP contribution is 2.27. The lowest BCUT2D eigenvalue weighted by Gasteiger charge is -1.95. The molecule has 0 unspecified atom stereocenters. The summed E-state index contributed by atoms with van der Waals surface area (Å²) in [6.07, 6.45) is 4.77. The van der Waals surface area contributed by atoms with Crippen molar-refractivity contribution in [2.24, 2.45) is 5.92 Å². The fourth-order valence-electron chi connectivity index (χ4n) is 0.711. The van der Waals surface area contributed by atoms with E-state index in [9.17, 15) is 0 Å². The van der Waals surface area contributed by atoms with Gasteiger partial charge in [0, 0.05) is 6.54 Å². The summed E-state index contributed by atoms with van der Waals surface area (Å²) in [5, 5.41) is 3.28. The fourth-order valence-corrected chi connectivity index (χ4v) is 0.711. The summed E-state index contributed by atoms with van der Waals surface area (Å²) in [5.41, 5.74) is 0. The molecule has 0 heterocycles. The van der Waals surface area contributed by atoms with Crippen LogP contribution in [0.1, 0.15) is 12.8 Å². The van der Waals surface area contributed by atoms with Crippen molar-refractivity contribution in [2.45, 2.75) is 12.8 Å². The monoisotopic (exact) mass is 111 g/mol. The van der Waals surface area contributed by atoms with Gasteiger partial charge < -0.3 is 5.32 Å². The fraction of sp³-hybridized carbons (Fsp3) is 0.714. The highest BCUT2D eigenvalue weighted by atomic mass is 14.9. The molecular weight excluding hydrogens is 98.1 g/mol. The highest BCUT2D eigenvalue weighted by molar-refractivity contribution is 4.77. The molecule has 1 aliphatic carbocycles. The molecule has 0 bridgehead atoms. The summed E-state index contributed by atoms with van der Waals surface area (Å²) < 4.78 is 0. The predicted molar refractivity (Wildman–Crippen MR) is 35.8 cm³/mol. The molecule has 1 nitrogen and oxygen atoms in total. The Hall–Kier alpha value is -0.300. The smallest absolute Gasteiger partial charge is 0.0132 e. The summed E-state index contributed by atoms with van der Waals surface area (Å²) in [6, 6.07) is 0. The molecule has 0 aromatic heterocycles. The first-order valence-corrected chi connectivity index (χ1v) is 3.25. The Morgan fingerprint density at radius 1 is 1.62 bits per heavy atom. The van der Waals surface area contributed by atoms with Gasteiger partial charge in [-0.15, -0.1) is 6.58 Å². The van der Waals surface area contributed by atoms with Crippen molar-refractivity contribution in [1.29, 1.82) is 0 Å². The Kier molecular flexibility index (Phi) is 2.10. The molecule has 1 saturated carbocycles. The Bertz CT molecular complexity index is 74.5. The first-order chi connectivity index (χ1) is 3.93. The van der Waals surface area contributed by atoms with Crippen LogP contribution >= 0.6 is 0 Å². The van der Waals surface area contributed by atoms with Crippen molar-refractivity contribution in [3.05, 3.63) is 12.7 Å². The van der Waals surface area contributed by atoms with Crippen molar-refractivity contribution in [3.63, 3.8) is 0 Å². The third-order valence-corrected chi connectivity index (χ3v) is 1.42. The van der Waals surface area contributed by atoms with Crippen LogP contribution in [0.25, 0.3) is 0 Å². The van der Waals surface area contributed by atoms with Gasteiger partial charge in [-0.1, -0.05) is 6.08 Å². The summed E-state index contributed by atoms with van der Waals surface area (Å²) in [6.45, 7) is 5.78. The minimum atomic E-state index is 0.969. The number of hydrogen-bond acceptors (Lipinski definition) is 1. The topological polar surface area (TPSA) is 12.0 Å². The van der Waals surface area contributed by atoms with Crippen LogP contribution in [0.4, 0.5) is 0 Å². The van der Waals surface area contributed by atoms with Crippen molar-refractivity contribution in [1.82, 2.24) is 5.32 Å². The van der Waals surface area contributed by atoms with Gasteiger partial charge in [0.05, 0.1) is 0 Å². The Labute approximate surface area is 50.8 Å². The van der Waals surface area contributed by atoms with E-state index in [4.69, 9.17) is 0 Å². The molecule has 0 aromatic carbocycles. The van der Waals surface area contributed by atoms with E-state index in [-0.39, 0.29) is 0 Å². The number of hydrogen-bond donors (Lipinski definition) is 1. The molecule has 0 atom stereocenters. The average Bonchev–Trinajstić information content (AvgIpc) is 2.51. The molecule has 0 radical (unpaired) electrons. The molecule has 8 heavy (non-hydrogen) atoms. The zero-order valence-electron chi connectivity index (χ0n) is 5.19. The van der Waals surface area contributed by atoms with Crippen LogP contribution in [-0.4, -0.2) is 13.1 Å².